The summed E-state index contributed by atoms with van der Waals surface area (Å²) in [5.74, 6) is 0.382. The van der Waals surface area contributed by atoms with Gasteiger partial charge in [0.1, 0.15) is 0 Å². The summed E-state index contributed by atoms with van der Waals surface area (Å²) in [4.78, 5) is 4.02. The number of ether oxygens (including phenoxy) is 1. The first-order valence-electron chi connectivity index (χ1n) is 8.20. The summed E-state index contributed by atoms with van der Waals surface area (Å²) in [5.41, 5.74) is 1.07. The number of aliphatic imine (C=N–C) groups is 1. The molecule has 1 saturated heterocycles. The number of nitrogens with zero attached hydrogens (tertiary/aromatic N) is 1. The topological polar surface area (TPSA) is 45.7 Å². The molecule has 0 unspecified atom stereocenters. The molecule has 1 heterocycles. The minimum absolute atomic E-state index is 0.124. The molecule has 2 rings (SSSR count). The number of halogens is 4. The smallest absolute Gasteiger partial charge is 0.381 e. The Kier molecular flexibility index (Phi) is 7.13. The zero-order valence-electron chi connectivity index (χ0n) is 14.1. The van der Waals surface area contributed by atoms with Crippen LogP contribution in [-0.2, 0) is 10.2 Å². The molecule has 1 fully saturated rings. The summed E-state index contributed by atoms with van der Waals surface area (Å²) in [7, 11) is 1.55. The molecule has 4 nitrogen and oxygen atoms in total. The highest BCUT2D eigenvalue weighted by atomic mass is 79.9. The molecule has 1 aromatic carbocycles. The zero-order chi connectivity index (χ0) is 18.3. The van der Waals surface area contributed by atoms with E-state index in [-0.39, 0.29) is 12.0 Å². The maximum absolute atomic E-state index is 12.3. The second kappa shape index (κ2) is 8.89. The summed E-state index contributed by atoms with van der Waals surface area (Å²) < 4.78 is 43.4. The molecule has 1 aromatic rings. The van der Waals surface area contributed by atoms with Crippen LogP contribution in [0.1, 0.15) is 24.8 Å². The van der Waals surface area contributed by atoms with Crippen LogP contribution in [-0.4, -0.2) is 45.5 Å². The van der Waals surface area contributed by atoms with E-state index in [0.29, 0.717) is 25.7 Å². The third-order valence-electron chi connectivity index (χ3n) is 4.43. The van der Waals surface area contributed by atoms with E-state index in [1.165, 1.54) is 5.56 Å². The fraction of sp³-hybridized carbons (Fsp3) is 0.588. The van der Waals surface area contributed by atoms with Gasteiger partial charge in [-0.05, 0) is 30.5 Å². The van der Waals surface area contributed by atoms with Crippen molar-refractivity contribution in [2.75, 3.05) is 33.4 Å². The van der Waals surface area contributed by atoms with Gasteiger partial charge in [0.15, 0.2) is 5.96 Å². The van der Waals surface area contributed by atoms with Crippen molar-refractivity contribution in [2.45, 2.75) is 30.9 Å². The Labute approximate surface area is 154 Å². The average Bonchev–Trinajstić information content (AvgIpc) is 2.58. The van der Waals surface area contributed by atoms with Gasteiger partial charge in [-0.2, -0.15) is 13.2 Å². The lowest BCUT2D eigenvalue weighted by Gasteiger charge is -2.38. The van der Waals surface area contributed by atoms with Gasteiger partial charge < -0.3 is 15.4 Å². The first kappa shape index (κ1) is 20.0. The molecule has 1 aliphatic rings. The summed E-state index contributed by atoms with van der Waals surface area (Å²) in [6, 6.07) is 8.17. The van der Waals surface area contributed by atoms with Crippen LogP contribution in [0.15, 0.2) is 33.7 Å². The largest absolute Gasteiger partial charge is 0.390 e. The zero-order valence-corrected chi connectivity index (χ0v) is 15.7. The summed E-state index contributed by atoms with van der Waals surface area (Å²) in [6.45, 7) is 1.72. The van der Waals surface area contributed by atoms with Gasteiger partial charge in [0.2, 0.25) is 0 Å². The van der Waals surface area contributed by atoms with Crippen molar-refractivity contribution in [1.82, 2.24) is 10.6 Å². The van der Waals surface area contributed by atoms with Gasteiger partial charge in [-0.3, -0.25) is 4.99 Å². The highest BCUT2D eigenvalue weighted by Crippen LogP contribution is 2.34. The van der Waals surface area contributed by atoms with E-state index in [2.05, 4.69) is 43.7 Å². The number of hydrogen-bond donors (Lipinski definition) is 2. The first-order valence-corrected chi connectivity index (χ1v) is 8.99. The molecule has 0 aromatic heterocycles. The van der Waals surface area contributed by atoms with E-state index in [1.54, 1.807) is 7.05 Å². The first-order chi connectivity index (χ1) is 11.8. The Morgan fingerprint density at radius 2 is 1.84 bits per heavy atom. The fourth-order valence-corrected chi connectivity index (χ4v) is 3.19. The number of alkyl halides is 3. The molecule has 0 atom stereocenters. The van der Waals surface area contributed by atoms with Gasteiger partial charge in [0, 0.05) is 43.2 Å². The quantitative estimate of drug-likeness (QED) is 0.563. The molecule has 2 N–H and O–H groups in total. The molecular weight excluding hydrogens is 399 g/mol. The Bertz CT molecular complexity index is 569. The standard InChI is InChI=1S/C17H23BrF3N3O/c1-22-15(23-9-6-17(19,20)21)24-12-16(7-10-25-11-8-16)13-2-4-14(18)5-3-13/h2-5H,6-12H2,1H3,(H2,22,23,24). The van der Waals surface area contributed by atoms with Crippen LogP contribution in [0.25, 0.3) is 0 Å². The van der Waals surface area contributed by atoms with Crippen LogP contribution < -0.4 is 10.6 Å². The third kappa shape index (κ3) is 6.18. The minimum atomic E-state index is -4.18. The van der Waals surface area contributed by atoms with Crippen LogP contribution in [0.4, 0.5) is 13.2 Å². The predicted molar refractivity (Wildman–Crippen MR) is 95.9 cm³/mol. The van der Waals surface area contributed by atoms with Gasteiger partial charge in [-0.1, -0.05) is 28.1 Å². The minimum Gasteiger partial charge on any atom is -0.381 e. The van der Waals surface area contributed by atoms with Gasteiger partial charge in [-0.15, -0.1) is 0 Å². The second-order valence-corrected chi connectivity index (χ2v) is 7.03. The molecule has 25 heavy (non-hydrogen) atoms. The van der Waals surface area contributed by atoms with E-state index in [4.69, 9.17) is 4.74 Å². The molecule has 0 spiro atoms. The number of guanidine groups is 1. The molecule has 140 valence electrons. The molecule has 0 amide bonds. The number of hydrogen-bond acceptors (Lipinski definition) is 2. The third-order valence-corrected chi connectivity index (χ3v) is 4.95. The monoisotopic (exact) mass is 421 g/mol. The van der Waals surface area contributed by atoms with E-state index in [1.807, 2.05) is 12.1 Å². The molecule has 0 saturated carbocycles. The van der Waals surface area contributed by atoms with Gasteiger partial charge in [0.25, 0.3) is 0 Å². The number of benzene rings is 1. The van der Waals surface area contributed by atoms with E-state index in [9.17, 15) is 13.2 Å². The highest BCUT2D eigenvalue weighted by molar-refractivity contribution is 9.10. The predicted octanol–water partition coefficient (Wildman–Crippen LogP) is 3.61. The van der Waals surface area contributed by atoms with Gasteiger partial charge in [-0.25, -0.2) is 0 Å². The summed E-state index contributed by atoms with van der Waals surface area (Å²) in [6.07, 6.45) is -3.37. The molecular formula is C17H23BrF3N3O. The average molecular weight is 422 g/mol. The summed E-state index contributed by atoms with van der Waals surface area (Å²) >= 11 is 3.44. The van der Waals surface area contributed by atoms with Crippen LogP contribution >= 0.6 is 15.9 Å². The fourth-order valence-electron chi connectivity index (χ4n) is 2.93. The van der Waals surface area contributed by atoms with Crippen molar-refractivity contribution < 1.29 is 17.9 Å². The van der Waals surface area contributed by atoms with Crippen LogP contribution in [0, 0.1) is 0 Å². The lowest BCUT2D eigenvalue weighted by molar-refractivity contribution is -0.132. The normalized spacial score (nSPS) is 18.0. The van der Waals surface area contributed by atoms with E-state index in [0.717, 1.165) is 17.3 Å². The van der Waals surface area contributed by atoms with E-state index < -0.39 is 12.6 Å². The van der Waals surface area contributed by atoms with Crippen LogP contribution in [0.5, 0.6) is 0 Å². The van der Waals surface area contributed by atoms with Crippen molar-refractivity contribution in [3.8, 4) is 0 Å². The Balaban J connectivity index is 2.00. The maximum Gasteiger partial charge on any atom is 0.390 e. The molecule has 8 heteroatoms. The molecule has 1 aliphatic heterocycles. The molecule has 0 radical (unpaired) electrons. The van der Waals surface area contributed by atoms with Gasteiger partial charge in [0.05, 0.1) is 6.42 Å². The Morgan fingerprint density at radius 1 is 1.20 bits per heavy atom. The lowest BCUT2D eigenvalue weighted by atomic mass is 9.74. The van der Waals surface area contributed by atoms with Crippen molar-refractivity contribution >= 4 is 21.9 Å². The van der Waals surface area contributed by atoms with Crippen molar-refractivity contribution in [3.63, 3.8) is 0 Å². The molecule has 0 bridgehead atoms. The van der Waals surface area contributed by atoms with E-state index >= 15 is 0 Å². The molecule has 0 aliphatic carbocycles. The lowest BCUT2D eigenvalue weighted by Crippen LogP contribution is -2.48. The van der Waals surface area contributed by atoms with Crippen LogP contribution in [0.2, 0.25) is 0 Å². The maximum atomic E-state index is 12.3. The Morgan fingerprint density at radius 3 is 2.40 bits per heavy atom. The Hall–Kier alpha value is -1.28. The van der Waals surface area contributed by atoms with Crippen molar-refractivity contribution in [1.29, 1.82) is 0 Å². The van der Waals surface area contributed by atoms with Crippen LogP contribution in [0.3, 0.4) is 0 Å². The van der Waals surface area contributed by atoms with Crippen molar-refractivity contribution in [3.05, 3.63) is 34.3 Å². The van der Waals surface area contributed by atoms with Gasteiger partial charge >= 0.3 is 6.18 Å². The van der Waals surface area contributed by atoms with Crippen molar-refractivity contribution in [2.24, 2.45) is 4.99 Å². The summed E-state index contributed by atoms with van der Waals surface area (Å²) in [5, 5.41) is 5.91. The SMILES string of the molecule is CN=C(NCCC(F)(F)F)NCC1(c2ccc(Br)cc2)CCOCC1. The number of nitrogens with one attached hydrogen (secondary N) is 2. The highest BCUT2D eigenvalue weighted by Gasteiger charge is 2.34. The second-order valence-electron chi connectivity index (χ2n) is 6.12. The number of rotatable bonds is 5.